The van der Waals surface area contributed by atoms with E-state index in [0.717, 1.165) is 47.3 Å². The molecular weight excluding hydrogens is 370 g/mol. The second-order valence-corrected chi connectivity index (χ2v) is 8.19. The highest BCUT2D eigenvalue weighted by Crippen LogP contribution is 2.23. The molecule has 1 aromatic carbocycles. The molecule has 1 saturated heterocycles. The molecule has 3 heterocycles. The van der Waals surface area contributed by atoms with Crippen molar-refractivity contribution in [3.63, 3.8) is 0 Å². The molecule has 1 N–H and O–H groups in total. The molecule has 1 amide bonds. The van der Waals surface area contributed by atoms with Gasteiger partial charge in [0, 0.05) is 24.8 Å². The molecular formula is C21H23N5OS. The van der Waals surface area contributed by atoms with Gasteiger partial charge < -0.3 is 10.2 Å². The topological polar surface area (TPSA) is 71.0 Å². The SMILES string of the molecule is CC1CCN(C(=O)c2ccc(NCc3nnc(-c4ccccc4)s3)nc2)CC1. The van der Waals surface area contributed by atoms with Crippen molar-refractivity contribution in [2.45, 2.75) is 26.3 Å². The van der Waals surface area contributed by atoms with Gasteiger partial charge in [-0.05, 0) is 30.9 Å². The number of rotatable bonds is 5. The fourth-order valence-corrected chi connectivity index (χ4v) is 3.99. The van der Waals surface area contributed by atoms with E-state index in [1.165, 1.54) is 0 Å². The van der Waals surface area contributed by atoms with E-state index in [9.17, 15) is 4.79 Å². The number of amides is 1. The van der Waals surface area contributed by atoms with E-state index in [1.807, 2.05) is 47.4 Å². The fourth-order valence-electron chi connectivity index (χ4n) is 3.21. The van der Waals surface area contributed by atoms with Gasteiger partial charge in [-0.2, -0.15) is 0 Å². The smallest absolute Gasteiger partial charge is 0.255 e. The van der Waals surface area contributed by atoms with Crippen LogP contribution >= 0.6 is 11.3 Å². The van der Waals surface area contributed by atoms with Gasteiger partial charge in [0.25, 0.3) is 5.91 Å². The molecule has 0 saturated carbocycles. The molecule has 0 bridgehead atoms. The van der Waals surface area contributed by atoms with Crippen LogP contribution in [0.15, 0.2) is 48.7 Å². The second kappa shape index (κ2) is 8.48. The standard InChI is InChI=1S/C21H23N5OS/c1-15-9-11-26(12-10-15)21(27)17-7-8-18(22-13-17)23-14-19-24-25-20(28-19)16-5-3-2-4-6-16/h2-8,13,15H,9-12,14H2,1H3,(H,22,23). The highest BCUT2D eigenvalue weighted by molar-refractivity contribution is 7.14. The van der Waals surface area contributed by atoms with Crippen molar-refractivity contribution in [3.05, 3.63) is 59.2 Å². The molecule has 3 aromatic rings. The minimum absolute atomic E-state index is 0.0718. The van der Waals surface area contributed by atoms with Crippen LogP contribution in [0, 0.1) is 5.92 Å². The van der Waals surface area contributed by atoms with Crippen molar-refractivity contribution < 1.29 is 4.79 Å². The van der Waals surface area contributed by atoms with Crippen LogP contribution < -0.4 is 5.32 Å². The summed E-state index contributed by atoms with van der Waals surface area (Å²) in [6.45, 7) is 4.46. The first-order valence-electron chi connectivity index (χ1n) is 9.56. The fraction of sp³-hybridized carbons (Fsp3) is 0.333. The third kappa shape index (κ3) is 4.36. The van der Waals surface area contributed by atoms with Crippen LogP contribution in [-0.4, -0.2) is 39.1 Å². The third-order valence-corrected chi connectivity index (χ3v) is 5.96. The monoisotopic (exact) mass is 393 g/mol. The normalized spacial score (nSPS) is 14.8. The Morgan fingerprint density at radius 2 is 1.93 bits per heavy atom. The van der Waals surface area contributed by atoms with Crippen molar-refractivity contribution in [2.75, 3.05) is 18.4 Å². The summed E-state index contributed by atoms with van der Waals surface area (Å²) in [5.74, 6) is 1.50. The van der Waals surface area contributed by atoms with Crippen LogP contribution in [0.1, 0.15) is 35.1 Å². The minimum atomic E-state index is 0.0718. The number of piperidine rings is 1. The summed E-state index contributed by atoms with van der Waals surface area (Å²) in [5.41, 5.74) is 1.71. The molecule has 1 aliphatic rings. The maximum atomic E-state index is 12.6. The summed E-state index contributed by atoms with van der Waals surface area (Å²) >= 11 is 1.56. The largest absolute Gasteiger partial charge is 0.363 e. The number of nitrogens with zero attached hydrogens (tertiary/aromatic N) is 4. The lowest BCUT2D eigenvalue weighted by Crippen LogP contribution is -2.37. The lowest BCUT2D eigenvalue weighted by molar-refractivity contribution is 0.0697. The van der Waals surface area contributed by atoms with E-state index in [4.69, 9.17) is 0 Å². The van der Waals surface area contributed by atoms with E-state index in [-0.39, 0.29) is 5.91 Å². The van der Waals surface area contributed by atoms with Crippen molar-refractivity contribution in [1.29, 1.82) is 0 Å². The van der Waals surface area contributed by atoms with Crippen LogP contribution in [0.25, 0.3) is 10.6 Å². The summed E-state index contributed by atoms with van der Waals surface area (Å²) in [4.78, 5) is 18.9. The van der Waals surface area contributed by atoms with E-state index in [2.05, 4.69) is 27.4 Å². The maximum Gasteiger partial charge on any atom is 0.255 e. The lowest BCUT2D eigenvalue weighted by atomic mass is 9.99. The number of pyridine rings is 1. The Morgan fingerprint density at radius 3 is 2.64 bits per heavy atom. The van der Waals surface area contributed by atoms with Gasteiger partial charge in [-0.1, -0.05) is 48.6 Å². The second-order valence-electron chi connectivity index (χ2n) is 7.13. The number of benzene rings is 1. The molecule has 4 rings (SSSR count). The number of hydrogen-bond acceptors (Lipinski definition) is 6. The van der Waals surface area contributed by atoms with Crippen LogP contribution in [0.4, 0.5) is 5.82 Å². The van der Waals surface area contributed by atoms with Crippen molar-refractivity contribution in [3.8, 4) is 10.6 Å². The first-order chi connectivity index (χ1) is 13.7. The highest BCUT2D eigenvalue weighted by Gasteiger charge is 2.21. The zero-order chi connectivity index (χ0) is 19.3. The zero-order valence-corrected chi connectivity index (χ0v) is 16.7. The molecule has 0 spiro atoms. The first-order valence-corrected chi connectivity index (χ1v) is 10.4. The van der Waals surface area contributed by atoms with E-state index in [0.29, 0.717) is 18.0 Å². The Labute approximate surface area is 168 Å². The number of likely N-dealkylation sites (tertiary alicyclic amines) is 1. The molecule has 1 aliphatic heterocycles. The number of carbonyl (C=O) groups is 1. The van der Waals surface area contributed by atoms with Gasteiger partial charge in [-0.15, -0.1) is 10.2 Å². The Bertz CT molecular complexity index is 917. The third-order valence-electron chi connectivity index (χ3n) is 4.99. The van der Waals surface area contributed by atoms with Gasteiger partial charge in [0.1, 0.15) is 15.8 Å². The van der Waals surface area contributed by atoms with E-state index >= 15 is 0 Å². The van der Waals surface area contributed by atoms with Crippen LogP contribution in [0.5, 0.6) is 0 Å². The molecule has 0 aliphatic carbocycles. The van der Waals surface area contributed by atoms with Gasteiger partial charge in [-0.3, -0.25) is 4.79 Å². The quantitative estimate of drug-likeness (QED) is 0.707. The molecule has 1 fully saturated rings. The van der Waals surface area contributed by atoms with E-state index in [1.54, 1.807) is 17.5 Å². The predicted octanol–water partition coefficient (Wildman–Crippen LogP) is 4.08. The van der Waals surface area contributed by atoms with Crippen LogP contribution in [0.3, 0.4) is 0 Å². The van der Waals surface area contributed by atoms with Gasteiger partial charge in [-0.25, -0.2) is 4.98 Å². The number of aromatic nitrogens is 3. The molecule has 0 unspecified atom stereocenters. The number of anilines is 1. The molecule has 7 heteroatoms. The van der Waals surface area contributed by atoms with Gasteiger partial charge in [0.05, 0.1) is 12.1 Å². The molecule has 0 radical (unpaired) electrons. The average Bonchev–Trinajstić information content (AvgIpc) is 3.22. The number of carbonyl (C=O) groups excluding carboxylic acids is 1. The van der Waals surface area contributed by atoms with Crippen LogP contribution in [0.2, 0.25) is 0 Å². The Hall–Kier alpha value is -2.80. The minimum Gasteiger partial charge on any atom is -0.363 e. The lowest BCUT2D eigenvalue weighted by Gasteiger charge is -2.30. The maximum absolute atomic E-state index is 12.6. The molecule has 6 nitrogen and oxygen atoms in total. The Balaban J connectivity index is 1.34. The summed E-state index contributed by atoms with van der Waals surface area (Å²) in [5, 5.41) is 13.5. The van der Waals surface area contributed by atoms with Gasteiger partial charge >= 0.3 is 0 Å². The summed E-state index contributed by atoms with van der Waals surface area (Å²) < 4.78 is 0. The van der Waals surface area contributed by atoms with Gasteiger partial charge in [0.2, 0.25) is 0 Å². The molecule has 28 heavy (non-hydrogen) atoms. The first kappa shape index (κ1) is 18.6. The zero-order valence-electron chi connectivity index (χ0n) is 15.8. The summed E-state index contributed by atoms with van der Waals surface area (Å²) in [6, 6.07) is 13.7. The predicted molar refractivity (Wildman–Crippen MR) is 111 cm³/mol. The molecule has 2 aromatic heterocycles. The number of hydrogen-bond donors (Lipinski definition) is 1. The highest BCUT2D eigenvalue weighted by atomic mass is 32.1. The van der Waals surface area contributed by atoms with Crippen molar-refractivity contribution >= 4 is 23.1 Å². The van der Waals surface area contributed by atoms with E-state index < -0.39 is 0 Å². The Kier molecular flexibility index (Phi) is 5.62. The molecule has 144 valence electrons. The van der Waals surface area contributed by atoms with Crippen LogP contribution in [-0.2, 0) is 6.54 Å². The van der Waals surface area contributed by atoms with Gasteiger partial charge in [0.15, 0.2) is 0 Å². The average molecular weight is 394 g/mol. The summed E-state index contributed by atoms with van der Waals surface area (Å²) in [7, 11) is 0. The number of nitrogens with one attached hydrogen (secondary N) is 1. The Morgan fingerprint density at radius 1 is 1.14 bits per heavy atom. The molecule has 0 atom stereocenters. The van der Waals surface area contributed by atoms with Crippen molar-refractivity contribution in [2.24, 2.45) is 5.92 Å². The summed E-state index contributed by atoms with van der Waals surface area (Å²) in [6.07, 6.45) is 3.80. The van der Waals surface area contributed by atoms with Crippen molar-refractivity contribution in [1.82, 2.24) is 20.1 Å².